The van der Waals surface area contributed by atoms with Gasteiger partial charge in [0.25, 0.3) is 5.91 Å². The number of nitrogens with zero attached hydrogens (tertiary/aromatic N) is 4. The lowest BCUT2D eigenvalue weighted by atomic mass is 9.99. The number of likely N-dealkylation sites (tertiary alicyclic amines) is 1. The van der Waals surface area contributed by atoms with Gasteiger partial charge in [-0.3, -0.25) is 4.79 Å². The van der Waals surface area contributed by atoms with Crippen molar-refractivity contribution in [3.05, 3.63) is 76.1 Å². The van der Waals surface area contributed by atoms with Crippen LogP contribution in [0, 0.1) is 6.92 Å². The zero-order valence-electron chi connectivity index (χ0n) is 18.2. The van der Waals surface area contributed by atoms with Gasteiger partial charge in [0, 0.05) is 36.8 Å². The third-order valence-electron chi connectivity index (χ3n) is 6.15. The van der Waals surface area contributed by atoms with Crippen molar-refractivity contribution in [3.8, 4) is 5.69 Å². The minimum Gasteiger partial charge on any atom is -0.398 e. The van der Waals surface area contributed by atoms with Crippen LogP contribution in [0.25, 0.3) is 5.69 Å². The first-order chi connectivity index (χ1) is 14.8. The molecule has 31 heavy (non-hydrogen) atoms. The Labute approximate surface area is 188 Å². The molecule has 1 aliphatic rings. The molecule has 1 amide bonds. The number of likely N-dealkylation sites (N-methyl/N-ethyl adjacent to an activating group) is 1. The summed E-state index contributed by atoms with van der Waals surface area (Å²) >= 11 is 6.19. The molecule has 7 heteroatoms. The SMILES string of the molecule is Cc1c(Cc2ccccc2C(=O)N2CCC(N(C)C)C2)cnn1-c1ccc(N)c(Cl)c1. The molecule has 0 saturated carbocycles. The Balaban J connectivity index is 1.58. The summed E-state index contributed by atoms with van der Waals surface area (Å²) in [4.78, 5) is 17.4. The van der Waals surface area contributed by atoms with Gasteiger partial charge >= 0.3 is 0 Å². The van der Waals surface area contributed by atoms with Gasteiger partial charge in [-0.1, -0.05) is 29.8 Å². The van der Waals surface area contributed by atoms with Crippen LogP contribution in [0.1, 0.15) is 33.6 Å². The van der Waals surface area contributed by atoms with E-state index in [1.54, 1.807) is 6.07 Å². The Bertz CT molecular complexity index is 1110. The van der Waals surface area contributed by atoms with Gasteiger partial charge in [-0.15, -0.1) is 0 Å². The van der Waals surface area contributed by atoms with E-state index in [-0.39, 0.29) is 5.91 Å². The molecule has 4 rings (SSSR count). The van der Waals surface area contributed by atoms with Crippen molar-refractivity contribution >= 4 is 23.2 Å². The van der Waals surface area contributed by atoms with Crippen LogP contribution in [-0.2, 0) is 6.42 Å². The van der Waals surface area contributed by atoms with E-state index in [1.807, 2.05) is 59.1 Å². The average molecular weight is 438 g/mol. The first-order valence-electron chi connectivity index (χ1n) is 10.5. The fourth-order valence-electron chi connectivity index (χ4n) is 4.13. The Hall–Kier alpha value is -2.83. The third-order valence-corrected chi connectivity index (χ3v) is 6.48. The van der Waals surface area contributed by atoms with E-state index in [1.165, 1.54) is 0 Å². The molecule has 3 aromatic rings. The highest BCUT2D eigenvalue weighted by Crippen LogP contribution is 2.25. The van der Waals surface area contributed by atoms with E-state index in [2.05, 4.69) is 24.1 Å². The first-order valence-corrected chi connectivity index (χ1v) is 10.9. The largest absolute Gasteiger partial charge is 0.398 e. The number of benzene rings is 2. The number of halogens is 1. The van der Waals surface area contributed by atoms with Gasteiger partial charge in [0.15, 0.2) is 0 Å². The molecule has 1 aliphatic heterocycles. The topological polar surface area (TPSA) is 67.4 Å². The number of carbonyl (C=O) groups excluding carboxylic acids is 1. The molecule has 2 aromatic carbocycles. The molecule has 0 bridgehead atoms. The van der Waals surface area contributed by atoms with Gasteiger partial charge in [-0.05, 0) is 62.8 Å². The fourth-order valence-corrected chi connectivity index (χ4v) is 4.31. The number of aromatic nitrogens is 2. The molecule has 0 aliphatic carbocycles. The van der Waals surface area contributed by atoms with Gasteiger partial charge in [-0.25, -0.2) is 4.68 Å². The molecule has 0 radical (unpaired) electrons. The maximum absolute atomic E-state index is 13.3. The smallest absolute Gasteiger partial charge is 0.254 e. The summed E-state index contributed by atoms with van der Waals surface area (Å²) in [5, 5.41) is 5.06. The number of amides is 1. The zero-order chi connectivity index (χ0) is 22.1. The van der Waals surface area contributed by atoms with Crippen LogP contribution >= 0.6 is 11.6 Å². The number of carbonyl (C=O) groups is 1. The minimum absolute atomic E-state index is 0.107. The number of nitrogen functional groups attached to an aromatic ring is 1. The summed E-state index contributed by atoms with van der Waals surface area (Å²) in [7, 11) is 4.14. The van der Waals surface area contributed by atoms with Crippen molar-refractivity contribution in [2.24, 2.45) is 0 Å². The third kappa shape index (κ3) is 4.31. The quantitative estimate of drug-likeness (QED) is 0.617. The van der Waals surface area contributed by atoms with Crippen molar-refractivity contribution in [1.29, 1.82) is 0 Å². The molecule has 0 spiro atoms. The highest BCUT2D eigenvalue weighted by molar-refractivity contribution is 6.33. The van der Waals surface area contributed by atoms with E-state index in [4.69, 9.17) is 17.3 Å². The summed E-state index contributed by atoms with van der Waals surface area (Å²) in [5.74, 6) is 0.107. The Kier molecular flexibility index (Phi) is 6.03. The van der Waals surface area contributed by atoms with Gasteiger partial charge in [0.2, 0.25) is 0 Å². The molecule has 1 saturated heterocycles. The lowest BCUT2D eigenvalue weighted by Crippen LogP contribution is -2.34. The highest BCUT2D eigenvalue weighted by atomic mass is 35.5. The van der Waals surface area contributed by atoms with Crippen LogP contribution in [0.15, 0.2) is 48.7 Å². The lowest BCUT2D eigenvalue weighted by molar-refractivity contribution is 0.0782. The van der Waals surface area contributed by atoms with E-state index in [9.17, 15) is 4.79 Å². The first kappa shape index (κ1) is 21.4. The predicted molar refractivity (Wildman–Crippen MR) is 125 cm³/mol. The number of hydrogen-bond acceptors (Lipinski definition) is 4. The number of rotatable bonds is 5. The molecular formula is C24H28ClN5O. The maximum atomic E-state index is 13.3. The average Bonchev–Trinajstić information content (AvgIpc) is 3.38. The van der Waals surface area contributed by atoms with Crippen molar-refractivity contribution in [2.45, 2.75) is 25.8 Å². The summed E-state index contributed by atoms with van der Waals surface area (Å²) in [6, 6.07) is 13.8. The normalized spacial score (nSPS) is 16.3. The molecule has 1 fully saturated rings. The summed E-state index contributed by atoms with van der Waals surface area (Å²) in [6.45, 7) is 3.60. The molecular weight excluding hydrogens is 410 g/mol. The minimum atomic E-state index is 0.107. The van der Waals surface area contributed by atoms with Crippen LogP contribution in [0.2, 0.25) is 5.02 Å². The van der Waals surface area contributed by atoms with Gasteiger partial charge in [0.1, 0.15) is 0 Å². The second kappa shape index (κ2) is 8.73. The molecule has 1 aromatic heterocycles. The van der Waals surface area contributed by atoms with Crippen molar-refractivity contribution in [1.82, 2.24) is 19.6 Å². The van der Waals surface area contributed by atoms with E-state index in [0.29, 0.717) is 23.2 Å². The molecule has 2 heterocycles. The van der Waals surface area contributed by atoms with Gasteiger partial charge in [-0.2, -0.15) is 5.10 Å². The number of anilines is 1. The predicted octanol–water partition coefficient (Wildman–Crippen LogP) is 3.78. The van der Waals surface area contributed by atoms with Gasteiger partial charge in [0.05, 0.1) is 22.6 Å². The highest BCUT2D eigenvalue weighted by Gasteiger charge is 2.29. The summed E-state index contributed by atoms with van der Waals surface area (Å²) < 4.78 is 1.85. The summed E-state index contributed by atoms with van der Waals surface area (Å²) in [6.07, 6.45) is 3.51. The van der Waals surface area contributed by atoms with Crippen molar-refractivity contribution in [3.63, 3.8) is 0 Å². The lowest BCUT2D eigenvalue weighted by Gasteiger charge is -2.21. The number of nitrogens with two attached hydrogens (primary N) is 1. The summed E-state index contributed by atoms with van der Waals surface area (Å²) in [5.41, 5.74) is 11.1. The molecule has 1 unspecified atom stereocenters. The monoisotopic (exact) mass is 437 g/mol. The second-order valence-electron chi connectivity index (χ2n) is 8.36. The standard InChI is InChI=1S/C24H28ClN5O/c1-16-18(14-27-30(16)19-8-9-23(26)22(25)13-19)12-17-6-4-5-7-21(17)24(31)29-11-10-20(15-29)28(2)3/h4-9,13-14,20H,10-12,15,26H2,1-3H3. The Morgan fingerprint density at radius 1 is 1.23 bits per heavy atom. The van der Waals surface area contributed by atoms with E-state index in [0.717, 1.165) is 47.6 Å². The maximum Gasteiger partial charge on any atom is 0.254 e. The zero-order valence-corrected chi connectivity index (χ0v) is 18.9. The van der Waals surface area contributed by atoms with Crippen LogP contribution in [0.4, 0.5) is 5.69 Å². The van der Waals surface area contributed by atoms with Crippen LogP contribution in [0.3, 0.4) is 0 Å². The Morgan fingerprint density at radius 3 is 2.71 bits per heavy atom. The van der Waals surface area contributed by atoms with Crippen LogP contribution in [0.5, 0.6) is 0 Å². The van der Waals surface area contributed by atoms with Crippen LogP contribution < -0.4 is 5.73 Å². The fraction of sp³-hybridized carbons (Fsp3) is 0.333. The molecule has 1 atom stereocenters. The second-order valence-corrected chi connectivity index (χ2v) is 8.77. The number of hydrogen-bond donors (Lipinski definition) is 1. The Morgan fingerprint density at radius 2 is 2.00 bits per heavy atom. The molecule has 2 N–H and O–H groups in total. The van der Waals surface area contributed by atoms with E-state index >= 15 is 0 Å². The molecule has 162 valence electrons. The molecule has 6 nitrogen and oxygen atoms in total. The van der Waals surface area contributed by atoms with Crippen molar-refractivity contribution in [2.75, 3.05) is 32.9 Å². The van der Waals surface area contributed by atoms with Crippen molar-refractivity contribution < 1.29 is 4.79 Å². The van der Waals surface area contributed by atoms with Crippen LogP contribution in [-0.4, -0.2) is 58.7 Å². The van der Waals surface area contributed by atoms with E-state index < -0.39 is 0 Å². The van der Waals surface area contributed by atoms with Gasteiger partial charge < -0.3 is 15.5 Å².